The molecule has 2 rings (SSSR count). The van der Waals surface area contributed by atoms with E-state index in [1.165, 1.54) is 19.3 Å². The van der Waals surface area contributed by atoms with Crippen LogP contribution >= 0.6 is 11.6 Å². The van der Waals surface area contributed by atoms with Crippen LogP contribution in [0.4, 0.5) is 0 Å². The van der Waals surface area contributed by atoms with Crippen molar-refractivity contribution in [3.05, 3.63) is 28.8 Å². The average molecular weight is 325 g/mol. The summed E-state index contributed by atoms with van der Waals surface area (Å²) in [7, 11) is 1.60. The van der Waals surface area contributed by atoms with Gasteiger partial charge >= 0.3 is 0 Å². The highest BCUT2D eigenvalue weighted by Crippen LogP contribution is 2.38. The van der Waals surface area contributed by atoms with Crippen LogP contribution in [-0.2, 0) is 11.3 Å². The van der Waals surface area contributed by atoms with Gasteiger partial charge in [-0.2, -0.15) is 0 Å². The lowest BCUT2D eigenvalue weighted by Gasteiger charge is -2.35. The molecule has 1 aliphatic rings. The van der Waals surface area contributed by atoms with Gasteiger partial charge in [-0.25, -0.2) is 0 Å². The highest BCUT2D eigenvalue weighted by Gasteiger charge is 2.32. The first-order valence-corrected chi connectivity index (χ1v) is 8.25. The van der Waals surface area contributed by atoms with E-state index in [0.29, 0.717) is 30.3 Å². The van der Waals surface area contributed by atoms with Crippen LogP contribution in [0, 0.1) is 5.41 Å². The van der Waals surface area contributed by atoms with E-state index in [0.717, 1.165) is 18.4 Å². The Morgan fingerprint density at radius 3 is 2.73 bits per heavy atom. The van der Waals surface area contributed by atoms with E-state index in [1.54, 1.807) is 19.2 Å². The molecule has 122 valence electrons. The fraction of sp³-hybridized carbons (Fsp3) is 0.588. The van der Waals surface area contributed by atoms with Crippen molar-refractivity contribution in [2.75, 3.05) is 13.7 Å². The summed E-state index contributed by atoms with van der Waals surface area (Å²) in [6.07, 6.45) is 6.23. The van der Waals surface area contributed by atoms with Gasteiger partial charge < -0.3 is 15.8 Å². The summed E-state index contributed by atoms with van der Waals surface area (Å²) in [4.78, 5) is 12.3. The first kappa shape index (κ1) is 17.1. The van der Waals surface area contributed by atoms with Crippen molar-refractivity contribution in [2.45, 2.75) is 45.1 Å². The monoisotopic (exact) mass is 324 g/mol. The van der Waals surface area contributed by atoms with Gasteiger partial charge in [-0.3, -0.25) is 4.79 Å². The molecule has 1 aromatic rings. The van der Waals surface area contributed by atoms with E-state index in [2.05, 4.69) is 5.32 Å². The zero-order valence-corrected chi connectivity index (χ0v) is 13.9. The smallest absolute Gasteiger partial charge is 0.220 e. The van der Waals surface area contributed by atoms with E-state index in [4.69, 9.17) is 22.1 Å². The zero-order valence-electron chi connectivity index (χ0n) is 13.2. The van der Waals surface area contributed by atoms with Gasteiger partial charge in [0.15, 0.2) is 0 Å². The van der Waals surface area contributed by atoms with Crippen LogP contribution in [0.3, 0.4) is 0 Å². The summed E-state index contributed by atoms with van der Waals surface area (Å²) in [5.74, 6) is 0.753. The second-order valence-corrected chi connectivity index (χ2v) is 6.61. The van der Waals surface area contributed by atoms with E-state index in [-0.39, 0.29) is 11.3 Å². The minimum Gasteiger partial charge on any atom is -0.496 e. The quantitative estimate of drug-likeness (QED) is 0.844. The molecule has 0 heterocycles. The Morgan fingerprint density at radius 1 is 1.36 bits per heavy atom. The van der Waals surface area contributed by atoms with Crippen LogP contribution in [0.2, 0.25) is 5.02 Å². The van der Waals surface area contributed by atoms with Crippen molar-refractivity contribution in [2.24, 2.45) is 11.1 Å². The van der Waals surface area contributed by atoms with Crippen LogP contribution in [0.5, 0.6) is 5.75 Å². The Bertz CT molecular complexity index is 513. The van der Waals surface area contributed by atoms with Gasteiger partial charge in [-0.15, -0.1) is 0 Å². The van der Waals surface area contributed by atoms with Crippen LogP contribution in [0.25, 0.3) is 0 Å². The van der Waals surface area contributed by atoms with E-state index in [1.807, 2.05) is 6.07 Å². The number of nitrogens with two attached hydrogens (primary N) is 1. The summed E-state index contributed by atoms with van der Waals surface area (Å²) < 4.78 is 5.29. The Labute approximate surface area is 137 Å². The number of ether oxygens (including phenoxy) is 1. The molecule has 22 heavy (non-hydrogen) atoms. The second-order valence-electron chi connectivity index (χ2n) is 6.17. The van der Waals surface area contributed by atoms with Gasteiger partial charge in [0.05, 0.1) is 7.11 Å². The van der Waals surface area contributed by atoms with Crippen molar-refractivity contribution < 1.29 is 9.53 Å². The Balaban J connectivity index is 1.92. The Kier molecular flexibility index (Phi) is 6.09. The van der Waals surface area contributed by atoms with E-state index in [9.17, 15) is 4.79 Å². The third-order valence-electron chi connectivity index (χ3n) is 4.61. The summed E-state index contributed by atoms with van der Waals surface area (Å²) >= 11 is 5.94. The molecule has 4 nitrogen and oxygen atoms in total. The Morgan fingerprint density at radius 2 is 2.09 bits per heavy atom. The summed E-state index contributed by atoms with van der Waals surface area (Å²) in [5.41, 5.74) is 6.86. The molecule has 1 saturated carbocycles. The standard InChI is InChI=1S/C17H25ClN2O2/c1-22-15-9-14(18)6-5-13(15)11-20-16(21)10-17(12-19)7-3-2-4-8-17/h5-6,9H,2-4,7-8,10-12,19H2,1H3,(H,20,21). The predicted octanol–water partition coefficient (Wildman–Crippen LogP) is 3.26. The minimum atomic E-state index is -0.00752. The molecule has 0 bridgehead atoms. The van der Waals surface area contributed by atoms with Crippen LogP contribution < -0.4 is 15.8 Å². The molecule has 0 aliphatic heterocycles. The highest BCUT2D eigenvalue weighted by molar-refractivity contribution is 6.30. The number of methoxy groups -OCH3 is 1. The van der Waals surface area contributed by atoms with Gasteiger partial charge in [0.2, 0.25) is 5.91 Å². The first-order chi connectivity index (χ1) is 10.6. The number of halogens is 1. The van der Waals surface area contributed by atoms with Gasteiger partial charge in [-0.1, -0.05) is 36.9 Å². The molecule has 0 radical (unpaired) electrons. The molecule has 3 N–H and O–H groups in total. The van der Waals surface area contributed by atoms with E-state index >= 15 is 0 Å². The van der Waals surface area contributed by atoms with Crippen molar-refractivity contribution in [3.8, 4) is 5.75 Å². The number of carbonyl (C=O) groups is 1. The van der Waals surface area contributed by atoms with Gasteiger partial charge in [-0.05, 0) is 36.9 Å². The third-order valence-corrected chi connectivity index (χ3v) is 4.84. The minimum absolute atomic E-state index is 0.00752. The first-order valence-electron chi connectivity index (χ1n) is 7.88. The molecule has 1 aromatic carbocycles. The maximum absolute atomic E-state index is 12.3. The molecule has 0 saturated heterocycles. The third kappa shape index (κ3) is 4.37. The maximum atomic E-state index is 12.3. The van der Waals surface area contributed by atoms with Crippen molar-refractivity contribution >= 4 is 17.5 Å². The summed E-state index contributed by atoms with van der Waals surface area (Å²) in [6, 6.07) is 5.43. The number of hydrogen-bond acceptors (Lipinski definition) is 3. The largest absolute Gasteiger partial charge is 0.496 e. The second kappa shape index (κ2) is 7.84. The zero-order chi connectivity index (χ0) is 16.0. The molecule has 0 spiro atoms. The van der Waals surface area contributed by atoms with Crippen molar-refractivity contribution in [3.63, 3.8) is 0 Å². The Hall–Kier alpha value is -1.26. The topological polar surface area (TPSA) is 64.3 Å². The summed E-state index contributed by atoms with van der Waals surface area (Å²) in [6.45, 7) is 1.03. The maximum Gasteiger partial charge on any atom is 0.220 e. The molecule has 5 heteroatoms. The fourth-order valence-electron chi connectivity index (χ4n) is 3.22. The molecule has 1 aliphatic carbocycles. The fourth-order valence-corrected chi connectivity index (χ4v) is 3.38. The number of nitrogens with one attached hydrogen (secondary N) is 1. The van der Waals surface area contributed by atoms with E-state index < -0.39 is 0 Å². The van der Waals surface area contributed by atoms with Crippen LogP contribution in [0.15, 0.2) is 18.2 Å². The lowest BCUT2D eigenvalue weighted by atomic mass is 9.71. The number of amides is 1. The number of rotatable bonds is 6. The molecule has 1 fully saturated rings. The average Bonchev–Trinajstić information content (AvgIpc) is 2.54. The number of hydrogen-bond donors (Lipinski definition) is 2. The van der Waals surface area contributed by atoms with Crippen LogP contribution in [-0.4, -0.2) is 19.6 Å². The highest BCUT2D eigenvalue weighted by atomic mass is 35.5. The number of benzene rings is 1. The normalized spacial score (nSPS) is 17.0. The molecule has 0 atom stereocenters. The molecule has 0 aromatic heterocycles. The lowest BCUT2D eigenvalue weighted by Crippen LogP contribution is -2.38. The van der Waals surface area contributed by atoms with Crippen molar-refractivity contribution in [1.82, 2.24) is 5.32 Å². The van der Waals surface area contributed by atoms with Gasteiger partial charge in [0.25, 0.3) is 0 Å². The molecule has 1 amide bonds. The van der Waals surface area contributed by atoms with Gasteiger partial charge in [0, 0.05) is 23.6 Å². The molecular weight excluding hydrogens is 300 g/mol. The number of carbonyl (C=O) groups excluding carboxylic acids is 1. The molecular formula is C17H25ClN2O2. The summed E-state index contributed by atoms with van der Waals surface area (Å²) in [5, 5.41) is 3.60. The van der Waals surface area contributed by atoms with Crippen molar-refractivity contribution in [1.29, 1.82) is 0 Å². The lowest BCUT2D eigenvalue weighted by molar-refractivity contribution is -0.124. The van der Waals surface area contributed by atoms with Crippen LogP contribution in [0.1, 0.15) is 44.1 Å². The SMILES string of the molecule is COc1cc(Cl)ccc1CNC(=O)CC1(CN)CCCCC1. The molecule has 0 unspecified atom stereocenters. The van der Waals surface area contributed by atoms with Gasteiger partial charge in [0.1, 0.15) is 5.75 Å². The predicted molar refractivity (Wildman–Crippen MR) is 89.0 cm³/mol.